The molecule has 0 amide bonds. The molecule has 1 aromatic rings. The quantitative estimate of drug-likeness (QED) is 0.562. The second kappa shape index (κ2) is 5.40. The third-order valence-corrected chi connectivity index (χ3v) is 6.03. The first-order chi connectivity index (χ1) is 10.7. The highest BCUT2D eigenvalue weighted by Crippen LogP contribution is 2.61. The molecule has 3 heteroatoms. The van der Waals surface area contributed by atoms with Crippen LogP contribution in [-0.4, -0.2) is 12.1 Å². The second-order valence-electron chi connectivity index (χ2n) is 10.1. The van der Waals surface area contributed by atoms with Gasteiger partial charge in [-0.1, -0.05) is 53.1 Å². The van der Waals surface area contributed by atoms with Gasteiger partial charge in [0.25, 0.3) is 0 Å². The smallest absolute Gasteiger partial charge is 0.101 e. The van der Waals surface area contributed by atoms with Crippen molar-refractivity contribution in [2.45, 2.75) is 73.3 Å². The molecule has 1 aromatic carbocycles. The van der Waals surface area contributed by atoms with Crippen LogP contribution in [0.3, 0.4) is 0 Å². The van der Waals surface area contributed by atoms with Gasteiger partial charge < -0.3 is 4.90 Å². The van der Waals surface area contributed by atoms with Crippen LogP contribution in [0.15, 0.2) is 12.1 Å². The van der Waals surface area contributed by atoms with Crippen molar-refractivity contribution in [2.75, 3.05) is 11.4 Å². The maximum absolute atomic E-state index is 9.44. The monoisotopic (exact) mass is 346 g/mol. The van der Waals surface area contributed by atoms with Crippen LogP contribution in [0.2, 0.25) is 5.02 Å². The highest BCUT2D eigenvalue weighted by atomic mass is 35.5. The van der Waals surface area contributed by atoms with Crippen LogP contribution in [0.25, 0.3) is 0 Å². The molecule has 1 heterocycles. The summed E-state index contributed by atoms with van der Waals surface area (Å²) in [4.78, 5) is 2.45. The predicted octanol–water partition coefficient (Wildman–Crippen LogP) is 6.16. The Morgan fingerprint density at radius 2 is 1.50 bits per heavy atom. The van der Waals surface area contributed by atoms with E-state index in [9.17, 15) is 5.26 Å². The van der Waals surface area contributed by atoms with E-state index < -0.39 is 0 Å². The maximum Gasteiger partial charge on any atom is 0.101 e. The lowest BCUT2D eigenvalue weighted by Gasteiger charge is -2.53. The van der Waals surface area contributed by atoms with Gasteiger partial charge in [0.2, 0.25) is 0 Å². The highest BCUT2D eigenvalue weighted by molar-refractivity contribution is 6.32. The molecule has 0 aliphatic carbocycles. The molecule has 2 nitrogen and oxygen atoms in total. The van der Waals surface area contributed by atoms with Gasteiger partial charge in [-0.15, -0.1) is 0 Å². The van der Waals surface area contributed by atoms with E-state index in [0.717, 1.165) is 12.2 Å². The standard InChI is InChI=1S/C21H31ClN2/c1-18(2,3)21(19(4,5)6)13-24(20(7,8)9)17-10-14(12-23)16(22)11-15(17)21/h10-11H,13H2,1-9H3. The van der Waals surface area contributed by atoms with Crippen LogP contribution in [0.4, 0.5) is 5.69 Å². The Morgan fingerprint density at radius 1 is 1.00 bits per heavy atom. The van der Waals surface area contributed by atoms with Crippen LogP contribution < -0.4 is 4.90 Å². The van der Waals surface area contributed by atoms with Crippen molar-refractivity contribution in [3.8, 4) is 6.07 Å². The van der Waals surface area contributed by atoms with Crippen molar-refractivity contribution in [1.82, 2.24) is 0 Å². The topological polar surface area (TPSA) is 27.0 Å². The molecule has 0 saturated carbocycles. The minimum atomic E-state index is -0.0553. The SMILES string of the molecule is CC(C)(C)N1CC(C(C)(C)C)(C(C)(C)C)c2cc(Cl)c(C#N)cc21. The Hall–Kier alpha value is -1.20. The van der Waals surface area contributed by atoms with Crippen molar-refractivity contribution in [1.29, 1.82) is 5.26 Å². The van der Waals surface area contributed by atoms with E-state index in [2.05, 4.69) is 79.3 Å². The molecule has 0 radical (unpaired) electrons. The largest absolute Gasteiger partial charge is 0.365 e. The summed E-state index contributed by atoms with van der Waals surface area (Å²) in [5, 5.41) is 10.00. The molecule has 1 aliphatic rings. The normalized spacial score (nSPS) is 17.6. The molecule has 2 rings (SSSR count). The van der Waals surface area contributed by atoms with E-state index in [1.54, 1.807) is 0 Å². The van der Waals surface area contributed by atoms with Crippen molar-refractivity contribution in [3.63, 3.8) is 0 Å². The first-order valence-corrected chi connectivity index (χ1v) is 9.06. The third kappa shape index (κ3) is 2.62. The summed E-state index contributed by atoms with van der Waals surface area (Å²) in [5.74, 6) is 0. The van der Waals surface area contributed by atoms with Gasteiger partial charge in [0, 0.05) is 23.2 Å². The Kier molecular flexibility index (Phi) is 4.30. The van der Waals surface area contributed by atoms with Gasteiger partial charge in [0.1, 0.15) is 6.07 Å². The molecular weight excluding hydrogens is 316 g/mol. The van der Waals surface area contributed by atoms with E-state index in [0.29, 0.717) is 10.6 Å². The van der Waals surface area contributed by atoms with Crippen LogP contribution in [0, 0.1) is 22.2 Å². The Bertz CT molecular complexity index is 677. The fraction of sp³-hybridized carbons (Fsp3) is 0.667. The molecule has 0 N–H and O–H groups in total. The average Bonchev–Trinajstić information content (AvgIpc) is 2.71. The van der Waals surface area contributed by atoms with Gasteiger partial charge in [0.05, 0.1) is 10.6 Å². The number of benzene rings is 1. The molecule has 0 atom stereocenters. The van der Waals surface area contributed by atoms with Crippen molar-refractivity contribution >= 4 is 17.3 Å². The predicted molar refractivity (Wildman–Crippen MR) is 104 cm³/mol. The van der Waals surface area contributed by atoms with E-state index in [1.165, 1.54) is 5.56 Å². The lowest BCUT2D eigenvalue weighted by Crippen LogP contribution is -2.55. The number of hydrogen-bond donors (Lipinski definition) is 0. The molecule has 132 valence electrons. The summed E-state index contributed by atoms with van der Waals surface area (Å²) in [7, 11) is 0. The second-order valence-corrected chi connectivity index (χ2v) is 10.5. The summed E-state index contributed by atoms with van der Waals surface area (Å²) in [6, 6.07) is 6.28. The molecule has 0 unspecified atom stereocenters. The molecule has 0 bridgehead atoms. The fourth-order valence-electron chi connectivity index (χ4n) is 4.63. The first-order valence-electron chi connectivity index (χ1n) is 8.68. The number of hydrogen-bond acceptors (Lipinski definition) is 2. The van der Waals surface area contributed by atoms with Crippen molar-refractivity contribution in [2.24, 2.45) is 10.8 Å². The van der Waals surface area contributed by atoms with Gasteiger partial charge >= 0.3 is 0 Å². The zero-order valence-corrected chi connectivity index (χ0v) is 17.4. The Labute approximate surface area is 152 Å². The molecule has 0 fully saturated rings. The zero-order chi connectivity index (χ0) is 18.7. The zero-order valence-electron chi connectivity index (χ0n) is 16.6. The van der Waals surface area contributed by atoms with E-state index >= 15 is 0 Å². The summed E-state index contributed by atoms with van der Waals surface area (Å²) in [6.45, 7) is 21.6. The van der Waals surface area contributed by atoms with Crippen molar-refractivity contribution < 1.29 is 0 Å². The number of nitriles is 1. The van der Waals surface area contributed by atoms with Gasteiger partial charge in [0.15, 0.2) is 0 Å². The minimum absolute atomic E-state index is 0.0203. The van der Waals surface area contributed by atoms with E-state index in [1.807, 2.05) is 6.07 Å². The van der Waals surface area contributed by atoms with Crippen LogP contribution in [0.1, 0.15) is 73.4 Å². The number of nitrogens with zero attached hydrogens (tertiary/aromatic N) is 2. The first kappa shape index (κ1) is 19.1. The Balaban J connectivity index is 2.91. The maximum atomic E-state index is 9.44. The lowest BCUT2D eigenvalue weighted by molar-refractivity contribution is 0.0636. The number of rotatable bonds is 0. The number of halogens is 1. The number of fused-ring (bicyclic) bond motifs is 1. The van der Waals surface area contributed by atoms with E-state index in [-0.39, 0.29) is 21.8 Å². The van der Waals surface area contributed by atoms with Crippen LogP contribution in [-0.2, 0) is 5.41 Å². The molecule has 0 aromatic heterocycles. The minimum Gasteiger partial charge on any atom is -0.365 e. The molecular formula is C21H31ClN2. The molecule has 0 saturated heterocycles. The molecule has 24 heavy (non-hydrogen) atoms. The Morgan fingerprint density at radius 3 is 1.88 bits per heavy atom. The van der Waals surface area contributed by atoms with E-state index in [4.69, 9.17) is 11.6 Å². The summed E-state index contributed by atoms with van der Waals surface area (Å²) >= 11 is 6.46. The van der Waals surface area contributed by atoms with Gasteiger partial charge in [-0.3, -0.25) is 0 Å². The summed E-state index contributed by atoms with van der Waals surface area (Å²) in [5.41, 5.74) is 3.03. The summed E-state index contributed by atoms with van der Waals surface area (Å²) in [6.07, 6.45) is 0. The van der Waals surface area contributed by atoms with Crippen LogP contribution in [0.5, 0.6) is 0 Å². The lowest BCUT2D eigenvalue weighted by atomic mass is 9.52. The van der Waals surface area contributed by atoms with Crippen molar-refractivity contribution in [3.05, 3.63) is 28.3 Å². The number of anilines is 1. The average molecular weight is 347 g/mol. The molecule has 1 aliphatic heterocycles. The highest BCUT2D eigenvalue weighted by Gasteiger charge is 2.58. The summed E-state index contributed by atoms with van der Waals surface area (Å²) < 4.78 is 0. The van der Waals surface area contributed by atoms with Gasteiger partial charge in [-0.05, 0) is 49.3 Å². The van der Waals surface area contributed by atoms with Crippen LogP contribution >= 0.6 is 11.6 Å². The third-order valence-electron chi connectivity index (χ3n) is 5.72. The molecule has 0 spiro atoms. The fourth-order valence-corrected chi connectivity index (χ4v) is 4.83. The van der Waals surface area contributed by atoms with Gasteiger partial charge in [-0.25, -0.2) is 0 Å². The van der Waals surface area contributed by atoms with Gasteiger partial charge in [-0.2, -0.15) is 5.26 Å².